The summed E-state index contributed by atoms with van der Waals surface area (Å²) in [5.74, 6) is -0.716. The van der Waals surface area contributed by atoms with E-state index in [1.54, 1.807) is 6.92 Å². The zero-order chi connectivity index (χ0) is 17.0. The molecule has 0 aliphatic carbocycles. The lowest BCUT2D eigenvalue weighted by molar-refractivity contribution is -0.0441. The predicted octanol–water partition coefficient (Wildman–Crippen LogP) is 0.587. The lowest BCUT2D eigenvalue weighted by Crippen LogP contribution is -2.41. The molecule has 0 aromatic carbocycles. The van der Waals surface area contributed by atoms with E-state index >= 15 is 0 Å². The fourth-order valence-corrected chi connectivity index (χ4v) is 4.12. The van der Waals surface area contributed by atoms with Crippen LogP contribution in [0.3, 0.4) is 0 Å². The molecule has 22 heavy (non-hydrogen) atoms. The first-order valence-corrected chi connectivity index (χ1v) is 9.58. The van der Waals surface area contributed by atoms with Crippen molar-refractivity contribution in [2.24, 2.45) is 5.92 Å². The molecule has 1 saturated heterocycles. The summed E-state index contributed by atoms with van der Waals surface area (Å²) in [7, 11) is -10.5. The molecule has 0 saturated carbocycles. The number of hydrogen-bond acceptors (Lipinski definition) is 6. The first kappa shape index (κ1) is 19.6. The standard InChI is InChI=1S/C10H18F3NO6S2/c1-8(5-19-6-9-7-20-9)3-2-4-21(15,16)14-22(17,18)10(11,12)13/h8-9,14H,2-7H2,1H3. The summed E-state index contributed by atoms with van der Waals surface area (Å²) in [6.45, 7) is 3.27. The monoisotopic (exact) mass is 369 g/mol. The van der Waals surface area contributed by atoms with Gasteiger partial charge in [0.1, 0.15) is 6.10 Å². The van der Waals surface area contributed by atoms with Gasteiger partial charge < -0.3 is 9.47 Å². The van der Waals surface area contributed by atoms with Crippen molar-refractivity contribution in [3.63, 3.8) is 0 Å². The van der Waals surface area contributed by atoms with E-state index in [-0.39, 0.29) is 18.4 Å². The van der Waals surface area contributed by atoms with Crippen molar-refractivity contribution in [1.82, 2.24) is 4.13 Å². The molecule has 0 amide bonds. The van der Waals surface area contributed by atoms with E-state index in [0.29, 0.717) is 30.4 Å². The molecule has 7 nitrogen and oxygen atoms in total. The molecule has 1 N–H and O–H groups in total. The van der Waals surface area contributed by atoms with E-state index in [2.05, 4.69) is 0 Å². The van der Waals surface area contributed by atoms with Crippen LogP contribution in [0.5, 0.6) is 0 Å². The van der Waals surface area contributed by atoms with Gasteiger partial charge in [-0.3, -0.25) is 0 Å². The molecule has 12 heteroatoms. The van der Waals surface area contributed by atoms with E-state index in [0.717, 1.165) is 0 Å². The van der Waals surface area contributed by atoms with Gasteiger partial charge >= 0.3 is 15.5 Å². The van der Waals surface area contributed by atoms with Crippen molar-refractivity contribution in [3.8, 4) is 0 Å². The van der Waals surface area contributed by atoms with Crippen LogP contribution in [0.2, 0.25) is 0 Å². The van der Waals surface area contributed by atoms with Crippen LogP contribution in [-0.4, -0.2) is 54.0 Å². The minimum absolute atomic E-state index is 0.00632. The Morgan fingerprint density at radius 2 is 1.91 bits per heavy atom. The van der Waals surface area contributed by atoms with Crippen molar-refractivity contribution in [3.05, 3.63) is 0 Å². The zero-order valence-electron chi connectivity index (χ0n) is 11.8. The van der Waals surface area contributed by atoms with Crippen LogP contribution in [0.4, 0.5) is 13.2 Å². The maximum atomic E-state index is 12.1. The lowest BCUT2D eigenvalue weighted by atomic mass is 10.1. The SMILES string of the molecule is CC(CCCS(=O)(=O)NS(=O)(=O)C(F)(F)F)COCC1CO1. The van der Waals surface area contributed by atoms with Gasteiger partial charge in [-0.25, -0.2) is 16.8 Å². The fraction of sp³-hybridized carbons (Fsp3) is 1.00. The number of nitrogens with one attached hydrogen (secondary N) is 1. The first-order valence-electron chi connectivity index (χ1n) is 6.45. The number of ether oxygens (including phenoxy) is 2. The van der Waals surface area contributed by atoms with Gasteiger partial charge in [0.05, 0.1) is 19.0 Å². The van der Waals surface area contributed by atoms with Gasteiger partial charge in [-0.05, 0) is 18.8 Å². The molecule has 2 unspecified atom stereocenters. The molecule has 0 spiro atoms. The van der Waals surface area contributed by atoms with Crippen LogP contribution in [-0.2, 0) is 29.5 Å². The first-order chi connectivity index (χ1) is 9.93. The summed E-state index contributed by atoms with van der Waals surface area (Å²) in [4.78, 5) is 0. The quantitative estimate of drug-likeness (QED) is 0.566. The van der Waals surface area contributed by atoms with Crippen LogP contribution >= 0.6 is 0 Å². The maximum Gasteiger partial charge on any atom is 0.512 e. The molecule has 0 radical (unpaired) electrons. The third kappa shape index (κ3) is 7.22. The van der Waals surface area contributed by atoms with Crippen LogP contribution in [0.15, 0.2) is 0 Å². The van der Waals surface area contributed by atoms with Crippen molar-refractivity contribution in [2.75, 3.05) is 25.6 Å². The second-order valence-electron chi connectivity index (χ2n) is 5.09. The van der Waals surface area contributed by atoms with Gasteiger partial charge in [-0.1, -0.05) is 6.92 Å². The summed E-state index contributed by atoms with van der Waals surface area (Å²) in [6.07, 6.45) is 0.510. The number of sulfonamides is 2. The Labute approximate surface area is 127 Å². The van der Waals surface area contributed by atoms with Crippen LogP contribution in [0, 0.1) is 5.92 Å². The summed E-state index contributed by atoms with van der Waals surface area (Å²) in [5, 5.41) is 0. The largest absolute Gasteiger partial charge is 0.512 e. The molecule has 0 aromatic heterocycles. The molecule has 1 aliphatic rings. The van der Waals surface area contributed by atoms with Gasteiger partial charge in [0, 0.05) is 6.61 Å². The number of epoxide rings is 1. The highest BCUT2D eigenvalue weighted by molar-refractivity contribution is 8.05. The fourth-order valence-electron chi connectivity index (χ4n) is 1.53. The maximum absolute atomic E-state index is 12.1. The molecule has 1 fully saturated rings. The average molecular weight is 369 g/mol. The Hall–Kier alpha value is -0.430. The third-order valence-corrected chi connectivity index (χ3v) is 6.09. The van der Waals surface area contributed by atoms with E-state index < -0.39 is 31.3 Å². The van der Waals surface area contributed by atoms with Crippen LogP contribution in [0.25, 0.3) is 0 Å². The normalized spacial score (nSPS) is 20.8. The zero-order valence-corrected chi connectivity index (χ0v) is 13.4. The van der Waals surface area contributed by atoms with Gasteiger partial charge in [0.2, 0.25) is 10.0 Å². The molecule has 1 heterocycles. The van der Waals surface area contributed by atoms with Gasteiger partial charge in [-0.15, -0.1) is 4.13 Å². The molecule has 1 rings (SSSR count). The Morgan fingerprint density at radius 1 is 1.32 bits per heavy atom. The molecule has 0 aromatic rings. The Bertz CT molecular complexity index is 556. The predicted molar refractivity (Wildman–Crippen MR) is 70.9 cm³/mol. The molecule has 2 atom stereocenters. The van der Waals surface area contributed by atoms with Crippen LogP contribution in [0.1, 0.15) is 19.8 Å². The molecule has 0 bridgehead atoms. The van der Waals surface area contributed by atoms with Crippen molar-refractivity contribution >= 4 is 20.0 Å². The highest BCUT2D eigenvalue weighted by Crippen LogP contribution is 2.22. The van der Waals surface area contributed by atoms with Gasteiger partial charge in [0.25, 0.3) is 0 Å². The van der Waals surface area contributed by atoms with E-state index in [1.807, 2.05) is 0 Å². The lowest BCUT2D eigenvalue weighted by Gasteiger charge is -2.12. The molecule has 132 valence electrons. The van der Waals surface area contributed by atoms with E-state index in [4.69, 9.17) is 9.47 Å². The van der Waals surface area contributed by atoms with Crippen molar-refractivity contribution in [1.29, 1.82) is 0 Å². The Balaban J connectivity index is 2.29. The minimum Gasteiger partial charge on any atom is -0.378 e. The molecular weight excluding hydrogens is 351 g/mol. The Kier molecular flexibility index (Phi) is 6.62. The van der Waals surface area contributed by atoms with E-state index in [9.17, 15) is 30.0 Å². The van der Waals surface area contributed by atoms with Gasteiger partial charge in [-0.2, -0.15) is 13.2 Å². The minimum atomic E-state index is -5.90. The number of halogens is 3. The number of alkyl halides is 3. The summed E-state index contributed by atoms with van der Waals surface area (Å²) >= 11 is 0. The van der Waals surface area contributed by atoms with Crippen LogP contribution < -0.4 is 4.13 Å². The highest BCUT2D eigenvalue weighted by atomic mass is 32.3. The Morgan fingerprint density at radius 3 is 2.41 bits per heavy atom. The molecule has 1 aliphatic heterocycles. The summed E-state index contributed by atoms with van der Waals surface area (Å²) in [5.41, 5.74) is -5.66. The number of hydrogen-bond donors (Lipinski definition) is 1. The topological polar surface area (TPSA) is 102 Å². The second kappa shape index (κ2) is 7.43. The molecular formula is C10H18F3NO6S2. The smallest absolute Gasteiger partial charge is 0.378 e. The van der Waals surface area contributed by atoms with Gasteiger partial charge in [0.15, 0.2) is 0 Å². The average Bonchev–Trinajstić information content (AvgIpc) is 3.09. The highest BCUT2D eigenvalue weighted by Gasteiger charge is 2.48. The van der Waals surface area contributed by atoms with Crippen molar-refractivity contribution in [2.45, 2.75) is 31.4 Å². The summed E-state index contributed by atoms with van der Waals surface area (Å²) < 4.78 is 91.3. The second-order valence-corrected chi connectivity index (χ2v) is 8.87. The summed E-state index contributed by atoms with van der Waals surface area (Å²) in [6, 6.07) is 0. The number of rotatable bonds is 10. The van der Waals surface area contributed by atoms with E-state index in [1.165, 1.54) is 0 Å². The third-order valence-electron chi connectivity index (χ3n) is 2.76. The van der Waals surface area contributed by atoms with Crippen molar-refractivity contribution < 1.29 is 39.5 Å².